The number of fused-ring (bicyclic) bond motifs is 4. The summed E-state index contributed by atoms with van der Waals surface area (Å²) < 4.78 is 62.9. The summed E-state index contributed by atoms with van der Waals surface area (Å²) in [6, 6.07) is 10.4. The molecule has 9 nitrogen and oxygen atoms in total. The van der Waals surface area contributed by atoms with E-state index < -0.39 is 23.9 Å². The van der Waals surface area contributed by atoms with E-state index in [4.69, 9.17) is 16.3 Å². The molecule has 0 saturated carbocycles. The van der Waals surface area contributed by atoms with E-state index >= 15 is 4.39 Å². The molecule has 0 radical (unpaired) electrons. The van der Waals surface area contributed by atoms with Crippen molar-refractivity contribution < 1.29 is 27.4 Å². The number of benzene rings is 2. The summed E-state index contributed by atoms with van der Waals surface area (Å²) in [5, 5.41) is 16.0. The van der Waals surface area contributed by atoms with Crippen LogP contribution in [0.1, 0.15) is 12.2 Å². The average molecular weight is 614 g/mol. The van der Waals surface area contributed by atoms with Crippen LogP contribution in [0, 0.1) is 5.82 Å². The number of rotatable bonds is 6. The second kappa shape index (κ2) is 10.6. The van der Waals surface area contributed by atoms with Crippen LogP contribution in [0.3, 0.4) is 0 Å². The van der Waals surface area contributed by atoms with Gasteiger partial charge in [-0.1, -0.05) is 41.9 Å². The maximum atomic E-state index is 16.4. The van der Waals surface area contributed by atoms with E-state index in [-0.39, 0.29) is 42.5 Å². The van der Waals surface area contributed by atoms with Crippen LogP contribution in [0.15, 0.2) is 55.0 Å². The molecule has 2 N–H and O–H groups in total. The zero-order chi connectivity index (χ0) is 29.9. The molecule has 5 heterocycles. The lowest BCUT2D eigenvalue weighted by molar-refractivity contribution is -0.147. The molecule has 1 unspecified atom stereocenters. The fourth-order valence-electron chi connectivity index (χ4n) is 5.98. The number of aliphatic hydroxyl groups excluding tert-OH is 1. The third-order valence-electron chi connectivity index (χ3n) is 7.88. The molecular weight excluding hydrogens is 590 g/mol. The van der Waals surface area contributed by atoms with Crippen molar-refractivity contribution in [2.75, 3.05) is 24.6 Å². The second-order valence-electron chi connectivity index (χ2n) is 10.6. The summed E-state index contributed by atoms with van der Waals surface area (Å²) in [6.45, 7) is 0.476. The Labute approximate surface area is 247 Å². The summed E-state index contributed by atoms with van der Waals surface area (Å²) in [6.07, 6.45) is -0.825. The van der Waals surface area contributed by atoms with E-state index in [1.165, 1.54) is 12.4 Å². The molecule has 2 aliphatic rings. The van der Waals surface area contributed by atoms with Gasteiger partial charge in [-0.05, 0) is 17.9 Å². The van der Waals surface area contributed by atoms with Gasteiger partial charge in [0.2, 0.25) is 5.82 Å². The van der Waals surface area contributed by atoms with Gasteiger partial charge in [0.05, 0.1) is 24.1 Å². The van der Waals surface area contributed by atoms with Crippen LogP contribution in [0.5, 0.6) is 6.01 Å². The molecule has 0 amide bonds. The molecular formula is C29H24ClF4N7O2. The van der Waals surface area contributed by atoms with Gasteiger partial charge in [0.25, 0.3) is 0 Å². The number of halogens is 5. The lowest BCUT2D eigenvalue weighted by atomic mass is 10.0. The van der Waals surface area contributed by atoms with Crippen molar-refractivity contribution >= 4 is 39.1 Å². The topological polar surface area (TPSA) is 101 Å². The summed E-state index contributed by atoms with van der Waals surface area (Å²) in [4.78, 5) is 18.7. The molecule has 2 bridgehead atoms. The fourth-order valence-corrected chi connectivity index (χ4v) is 6.26. The number of alkyl halides is 3. The molecule has 5 aromatic rings. The van der Waals surface area contributed by atoms with E-state index in [1.54, 1.807) is 24.3 Å². The van der Waals surface area contributed by atoms with Crippen molar-refractivity contribution in [2.45, 2.75) is 37.3 Å². The van der Waals surface area contributed by atoms with Crippen LogP contribution in [0.2, 0.25) is 5.02 Å². The minimum absolute atomic E-state index is 0.0000635. The second-order valence-corrected chi connectivity index (χ2v) is 11.0. The maximum absolute atomic E-state index is 16.4. The van der Waals surface area contributed by atoms with Gasteiger partial charge in [-0.25, -0.2) is 9.37 Å². The monoisotopic (exact) mass is 613 g/mol. The Hall–Kier alpha value is -4.07. The van der Waals surface area contributed by atoms with E-state index in [0.29, 0.717) is 46.7 Å². The Morgan fingerprint density at radius 2 is 1.91 bits per heavy atom. The molecule has 2 aliphatic heterocycles. The smallest absolute Gasteiger partial charge is 0.449 e. The van der Waals surface area contributed by atoms with E-state index in [1.807, 2.05) is 17.0 Å². The summed E-state index contributed by atoms with van der Waals surface area (Å²) in [5.74, 6) is -1.41. The Morgan fingerprint density at radius 3 is 2.70 bits per heavy atom. The first-order valence-electron chi connectivity index (χ1n) is 13.6. The Bertz CT molecular complexity index is 1840. The Kier molecular flexibility index (Phi) is 6.83. The van der Waals surface area contributed by atoms with Crippen LogP contribution < -0.4 is 15.0 Å². The molecule has 0 aliphatic carbocycles. The number of aliphatic hydroxyl groups is 1. The zero-order valence-corrected chi connectivity index (χ0v) is 23.1. The minimum atomic E-state index is -4.63. The van der Waals surface area contributed by atoms with Crippen LogP contribution >= 0.6 is 11.6 Å². The van der Waals surface area contributed by atoms with Crippen molar-refractivity contribution in [3.05, 3.63) is 71.7 Å². The first-order valence-corrected chi connectivity index (χ1v) is 14.0. The summed E-state index contributed by atoms with van der Waals surface area (Å²) >= 11 is 6.51. The largest absolute Gasteiger partial charge is 0.461 e. The number of imidazole rings is 1. The van der Waals surface area contributed by atoms with Gasteiger partial charge in [0.1, 0.15) is 23.6 Å². The van der Waals surface area contributed by atoms with Crippen molar-refractivity contribution in [3.8, 4) is 17.3 Å². The molecule has 43 heavy (non-hydrogen) atoms. The number of pyridine rings is 1. The molecule has 0 spiro atoms. The van der Waals surface area contributed by atoms with E-state index in [0.717, 1.165) is 16.2 Å². The molecule has 3 aromatic heterocycles. The van der Waals surface area contributed by atoms with Gasteiger partial charge < -0.3 is 24.6 Å². The third kappa shape index (κ3) is 5.00. The fraction of sp³-hybridized carbons (Fsp3) is 0.310. The first kappa shape index (κ1) is 27.7. The van der Waals surface area contributed by atoms with Crippen LogP contribution in [0.4, 0.5) is 23.4 Å². The van der Waals surface area contributed by atoms with Gasteiger partial charge in [-0.2, -0.15) is 23.1 Å². The number of nitrogens with one attached hydrogen (secondary N) is 1. The van der Waals surface area contributed by atoms with Gasteiger partial charge in [-0.15, -0.1) is 0 Å². The molecule has 2 aromatic carbocycles. The number of piperazine rings is 1. The Morgan fingerprint density at radius 1 is 1.09 bits per heavy atom. The van der Waals surface area contributed by atoms with Gasteiger partial charge in [0, 0.05) is 53.7 Å². The average Bonchev–Trinajstić information content (AvgIpc) is 3.56. The molecule has 2 saturated heterocycles. The molecule has 2 fully saturated rings. The standard InChI is InChI=1S/C29H24ClF4N7O2/c30-19-6-2-4-15-3-1-5-17(22(15)19)24-23(31)25-18(12-36-24)26(41-13-16-11-21(42)20(14-41)37-16)39-28(38-25)43-10-9-40-8-7-35-27(40)29(32,33)34/h1-8,12,16,20-21,37,42H,9-11,13-14H2/t16?,20-,21-/m1/s1. The van der Waals surface area contributed by atoms with E-state index in [9.17, 15) is 18.3 Å². The molecule has 222 valence electrons. The SMILES string of the molecule is O[C@@H]1CC2CN(c3nc(OCCn4ccnc4C(F)(F)F)nc4c(F)c(-c5cccc6cccc(Cl)c56)ncc34)C[C@H]1N2. The normalized spacial score (nSPS) is 20.3. The van der Waals surface area contributed by atoms with Gasteiger partial charge in [-0.3, -0.25) is 4.98 Å². The highest BCUT2D eigenvalue weighted by molar-refractivity contribution is 6.36. The van der Waals surface area contributed by atoms with Gasteiger partial charge >= 0.3 is 12.2 Å². The number of anilines is 1. The lowest BCUT2D eigenvalue weighted by Crippen LogP contribution is -2.53. The van der Waals surface area contributed by atoms with Crippen LogP contribution in [0.25, 0.3) is 32.9 Å². The highest BCUT2D eigenvalue weighted by atomic mass is 35.5. The highest BCUT2D eigenvalue weighted by Crippen LogP contribution is 2.38. The number of nitrogens with zero attached hydrogens (tertiary/aromatic N) is 6. The number of hydrogen-bond donors (Lipinski definition) is 2. The minimum Gasteiger partial charge on any atom is -0.461 e. The summed E-state index contributed by atoms with van der Waals surface area (Å²) in [5.41, 5.74) is 0.457. The van der Waals surface area contributed by atoms with Crippen molar-refractivity contribution in [3.63, 3.8) is 0 Å². The molecule has 3 atom stereocenters. The van der Waals surface area contributed by atoms with E-state index in [2.05, 4.69) is 25.3 Å². The predicted octanol–water partition coefficient (Wildman–Crippen LogP) is 4.84. The first-order chi connectivity index (χ1) is 20.7. The Balaban J connectivity index is 1.30. The molecule has 7 rings (SSSR count). The van der Waals surface area contributed by atoms with Crippen LogP contribution in [-0.4, -0.2) is 67.5 Å². The van der Waals surface area contributed by atoms with Crippen LogP contribution in [-0.2, 0) is 12.7 Å². The highest BCUT2D eigenvalue weighted by Gasteiger charge is 2.40. The summed E-state index contributed by atoms with van der Waals surface area (Å²) in [7, 11) is 0. The number of aromatic nitrogens is 5. The van der Waals surface area contributed by atoms with Crippen molar-refractivity contribution in [1.29, 1.82) is 0 Å². The lowest BCUT2D eigenvalue weighted by Gasteiger charge is -2.34. The van der Waals surface area contributed by atoms with Crippen molar-refractivity contribution in [1.82, 2.24) is 29.8 Å². The molecule has 14 heteroatoms. The number of ether oxygens (including phenoxy) is 1. The zero-order valence-electron chi connectivity index (χ0n) is 22.4. The third-order valence-corrected chi connectivity index (χ3v) is 8.20. The predicted molar refractivity (Wildman–Crippen MR) is 152 cm³/mol. The maximum Gasteiger partial charge on any atom is 0.449 e. The van der Waals surface area contributed by atoms with Gasteiger partial charge in [0.15, 0.2) is 5.82 Å². The number of hydrogen-bond acceptors (Lipinski definition) is 8. The van der Waals surface area contributed by atoms with Crippen molar-refractivity contribution in [2.24, 2.45) is 0 Å². The quantitative estimate of drug-likeness (QED) is 0.262.